The number of urea groups is 1. The van der Waals surface area contributed by atoms with E-state index in [4.69, 9.17) is 0 Å². The molecule has 128 valence electrons. The second kappa shape index (κ2) is 7.49. The molecular formula is C18H25N5O. The van der Waals surface area contributed by atoms with Crippen molar-refractivity contribution in [1.29, 1.82) is 0 Å². The first kappa shape index (κ1) is 16.5. The summed E-state index contributed by atoms with van der Waals surface area (Å²) in [7, 11) is 4.00. The summed E-state index contributed by atoms with van der Waals surface area (Å²) in [6, 6.07) is 9.84. The van der Waals surface area contributed by atoms with Gasteiger partial charge in [0.15, 0.2) is 0 Å². The van der Waals surface area contributed by atoms with Crippen LogP contribution in [-0.2, 0) is 6.54 Å². The Hall–Kier alpha value is -2.34. The van der Waals surface area contributed by atoms with Crippen LogP contribution >= 0.6 is 0 Å². The lowest BCUT2D eigenvalue weighted by Gasteiger charge is -2.22. The molecule has 2 aromatic rings. The molecule has 1 fully saturated rings. The van der Waals surface area contributed by atoms with Gasteiger partial charge in [0.25, 0.3) is 0 Å². The fraction of sp³-hybridized carbons (Fsp3) is 0.444. The zero-order valence-corrected chi connectivity index (χ0v) is 14.4. The maximum Gasteiger partial charge on any atom is 0.317 e. The molecule has 1 aromatic heterocycles. The molecule has 1 aliphatic heterocycles. The van der Waals surface area contributed by atoms with Crippen LogP contribution in [0.5, 0.6) is 0 Å². The molecule has 24 heavy (non-hydrogen) atoms. The average molecular weight is 327 g/mol. The van der Waals surface area contributed by atoms with Gasteiger partial charge in [0, 0.05) is 39.1 Å². The minimum atomic E-state index is -0.0279. The molecule has 3 rings (SSSR count). The molecule has 0 aliphatic carbocycles. The van der Waals surface area contributed by atoms with E-state index in [0.29, 0.717) is 12.5 Å². The number of benzene rings is 1. The summed E-state index contributed by atoms with van der Waals surface area (Å²) < 4.78 is 1.82. The number of hydrogen-bond donors (Lipinski definition) is 1. The van der Waals surface area contributed by atoms with Gasteiger partial charge >= 0.3 is 6.03 Å². The molecule has 0 saturated carbocycles. The Bertz CT molecular complexity index is 670. The van der Waals surface area contributed by atoms with Crippen LogP contribution in [0.25, 0.3) is 5.69 Å². The fourth-order valence-electron chi connectivity index (χ4n) is 3.25. The maximum atomic E-state index is 12.4. The summed E-state index contributed by atoms with van der Waals surface area (Å²) in [5.74, 6) is 0.571. The molecule has 1 saturated heterocycles. The number of hydrogen-bond acceptors (Lipinski definition) is 3. The van der Waals surface area contributed by atoms with Gasteiger partial charge < -0.3 is 15.1 Å². The van der Waals surface area contributed by atoms with Crippen molar-refractivity contribution >= 4 is 6.03 Å². The number of amides is 2. The molecule has 6 nitrogen and oxygen atoms in total. The molecule has 2 amide bonds. The van der Waals surface area contributed by atoms with E-state index in [2.05, 4.69) is 22.4 Å². The Kier molecular flexibility index (Phi) is 5.15. The van der Waals surface area contributed by atoms with E-state index in [1.807, 2.05) is 48.3 Å². The number of carbonyl (C=O) groups excluding carboxylic acids is 1. The zero-order valence-electron chi connectivity index (χ0n) is 14.4. The van der Waals surface area contributed by atoms with Crippen molar-refractivity contribution in [2.75, 3.05) is 33.7 Å². The molecule has 0 spiro atoms. The van der Waals surface area contributed by atoms with Gasteiger partial charge in [0.1, 0.15) is 0 Å². The van der Waals surface area contributed by atoms with Crippen LogP contribution in [0.4, 0.5) is 4.79 Å². The predicted molar refractivity (Wildman–Crippen MR) is 94.0 cm³/mol. The van der Waals surface area contributed by atoms with Gasteiger partial charge in [-0.3, -0.25) is 0 Å². The number of para-hydroxylation sites is 1. The van der Waals surface area contributed by atoms with Gasteiger partial charge in [-0.25, -0.2) is 9.48 Å². The molecule has 1 N–H and O–H groups in total. The standard InChI is InChI=1S/C18H25N5O/c1-21-11-8-15(13-21)14-22(2)18(24)19-12-16-6-3-4-7-17(16)23-10-5-9-20-23/h3-7,9-10,15H,8,11-14H2,1-2H3,(H,19,24)/t15-/m0/s1. The number of nitrogens with zero attached hydrogens (tertiary/aromatic N) is 4. The third-order valence-corrected chi connectivity index (χ3v) is 4.54. The highest BCUT2D eigenvalue weighted by atomic mass is 16.2. The van der Waals surface area contributed by atoms with Crippen LogP contribution in [0.2, 0.25) is 0 Å². The first-order valence-corrected chi connectivity index (χ1v) is 8.39. The Labute approximate surface area is 143 Å². The van der Waals surface area contributed by atoms with E-state index < -0.39 is 0 Å². The van der Waals surface area contributed by atoms with Gasteiger partial charge in [-0.2, -0.15) is 5.10 Å². The molecule has 0 unspecified atom stereocenters. The van der Waals surface area contributed by atoms with Gasteiger partial charge in [-0.05, 0) is 43.6 Å². The van der Waals surface area contributed by atoms with E-state index in [1.54, 1.807) is 11.1 Å². The maximum absolute atomic E-state index is 12.4. The third-order valence-electron chi connectivity index (χ3n) is 4.54. The van der Waals surface area contributed by atoms with Gasteiger partial charge in [0.2, 0.25) is 0 Å². The topological polar surface area (TPSA) is 53.4 Å². The van der Waals surface area contributed by atoms with Crippen LogP contribution in [-0.4, -0.2) is 59.3 Å². The molecular weight excluding hydrogens is 302 g/mol. The zero-order chi connectivity index (χ0) is 16.9. The lowest BCUT2D eigenvalue weighted by atomic mass is 10.1. The Morgan fingerprint density at radius 1 is 1.38 bits per heavy atom. The van der Waals surface area contributed by atoms with Gasteiger partial charge in [0.05, 0.1) is 5.69 Å². The van der Waals surface area contributed by atoms with Gasteiger partial charge in [-0.15, -0.1) is 0 Å². The van der Waals surface area contributed by atoms with Crippen molar-refractivity contribution in [3.8, 4) is 5.69 Å². The summed E-state index contributed by atoms with van der Waals surface area (Å²) in [6.45, 7) is 3.48. The Morgan fingerprint density at radius 3 is 2.92 bits per heavy atom. The first-order chi connectivity index (χ1) is 11.6. The average Bonchev–Trinajstić information content (AvgIpc) is 3.24. The smallest absolute Gasteiger partial charge is 0.317 e. The van der Waals surface area contributed by atoms with Crippen molar-refractivity contribution in [2.24, 2.45) is 5.92 Å². The SMILES string of the molecule is CN1CC[C@H](CN(C)C(=O)NCc2ccccc2-n2cccn2)C1. The molecule has 1 atom stereocenters. The largest absolute Gasteiger partial charge is 0.334 e. The molecule has 0 bridgehead atoms. The summed E-state index contributed by atoms with van der Waals surface area (Å²) >= 11 is 0. The van der Waals surface area contributed by atoms with Crippen LogP contribution in [0.15, 0.2) is 42.7 Å². The van der Waals surface area contributed by atoms with Crippen molar-refractivity contribution in [2.45, 2.75) is 13.0 Å². The van der Waals surface area contributed by atoms with Crippen molar-refractivity contribution in [3.05, 3.63) is 48.3 Å². The number of nitrogens with one attached hydrogen (secondary N) is 1. The van der Waals surface area contributed by atoms with Crippen molar-refractivity contribution in [1.82, 2.24) is 24.9 Å². The summed E-state index contributed by atoms with van der Waals surface area (Å²) in [4.78, 5) is 16.5. The second-order valence-electron chi connectivity index (χ2n) is 6.54. The molecule has 1 aromatic carbocycles. The number of likely N-dealkylation sites (tertiary alicyclic amines) is 1. The van der Waals surface area contributed by atoms with Crippen LogP contribution < -0.4 is 5.32 Å². The second-order valence-corrected chi connectivity index (χ2v) is 6.54. The van der Waals surface area contributed by atoms with E-state index in [0.717, 1.165) is 37.3 Å². The van der Waals surface area contributed by atoms with Crippen molar-refractivity contribution in [3.63, 3.8) is 0 Å². The molecule has 0 radical (unpaired) electrons. The first-order valence-electron chi connectivity index (χ1n) is 8.39. The van der Waals surface area contributed by atoms with Gasteiger partial charge in [-0.1, -0.05) is 18.2 Å². The highest BCUT2D eigenvalue weighted by Gasteiger charge is 2.22. The van der Waals surface area contributed by atoms with E-state index in [9.17, 15) is 4.79 Å². The number of aromatic nitrogens is 2. The number of rotatable bonds is 5. The summed E-state index contributed by atoms with van der Waals surface area (Å²) in [5.41, 5.74) is 2.03. The predicted octanol–water partition coefficient (Wildman–Crippen LogP) is 1.97. The molecule has 6 heteroatoms. The summed E-state index contributed by atoms with van der Waals surface area (Å²) in [6.07, 6.45) is 4.82. The van der Waals surface area contributed by atoms with E-state index in [-0.39, 0.29) is 6.03 Å². The lowest BCUT2D eigenvalue weighted by Crippen LogP contribution is -2.40. The Morgan fingerprint density at radius 2 is 2.21 bits per heavy atom. The van der Waals surface area contributed by atoms with E-state index in [1.165, 1.54) is 0 Å². The van der Waals surface area contributed by atoms with Crippen LogP contribution in [0, 0.1) is 5.92 Å². The normalized spacial score (nSPS) is 17.8. The third kappa shape index (κ3) is 3.94. The van der Waals surface area contributed by atoms with E-state index >= 15 is 0 Å². The summed E-state index contributed by atoms with van der Waals surface area (Å²) in [5, 5.41) is 7.29. The van der Waals surface area contributed by atoms with Crippen LogP contribution in [0.1, 0.15) is 12.0 Å². The quantitative estimate of drug-likeness (QED) is 0.913. The monoisotopic (exact) mass is 327 g/mol. The lowest BCUT2D eigenvalue weighted by molar-refractivity contribution is 0.200. The van der Waals surface area contributed by atoms with Crippen LogP contribution in [0.3, 0.4) is 0 Å². The fourth-order valence-corrected chi connectivity index (χ4v) is 3.25. The highest BCUT2D eigenvalue weighted by molar-refractivity contribution is 5.74. The molecule has 2 heterocycles. The van der Waals surface area contributed by atoms with Crippen molar-refractivity contribution < 1.29 is 4.79 Å². The minimum absolute atomic E-state index is 0.0279. The Balaban J connectivity index is 1.57. The molecule has 1 aliphatic rings. The number of carbonyl (C=O) groups is 1. The highest BCUT2D eigenvalue weighted by Crippen LogP contribution is 2.16. The minimum Gasteiger partial charge on any atom is -0.334 e.